The Morgan fingerprint density at radius 1 is 1.03 bits per heavy atom. The monoisotopic (exact) mass is 427 g/mol. The number of amides is 2. The first-order valence-corrected chi connectivity index (χ1v) is 10.9. The number of carbonyl (C=O) groups excluding carboxylic acids is 2. The van der Waals surface area contributed by atoms with E-state index in [1.807, 2.05) is 77.7 Å². The Morgan fingerprint density at radius 2 is 1.91 bits per heavy atom. The molecule has 1 atom stereocenters. The maximum Gasteiger partial charge on any atom is 0.257 e. The fourth-order valence-corrected chi connectivity index (χ4v) is 4.54. The molecule has 0 bridgehead atoms. The van der Waals surface area contributed by atoms with E-state index in [2.05, 4.69) is 4.98 Å². The predicted octanol–water partition coefficient (Wildman–Crippen LogP) is 3.43. The van der Waals surface area contributed by atoms with Crippen molar-refractivity contribution in [1.82, 2.24) is 14.8 Å². The molecule has 162 valence electrons. The number of morpholine rings is 1. The molecule has 3 aromatic rings. The molecule has 2 aliphatic rings. The predicted molar refractivity (Wildman–Crippen MR) is 122 cm³/mol. The van der Waals surface area contributed by atoms with Crippen LogP contribution in [0.3, 0.4) is 0 Å². The van der Waals surface area contributed by atoms with Crippen molar-refractivity contribution in [2.45, 2.75) is 18.6 Å². The van der Waals surface area contributed by atoms with Crippen molar-refractivity contribution in [3.8, 4) is 0 Å². The zero-order valence-corrected chi connectivity index (χ0v) is 17.8. The summed E-state index contributed by atoms with van der Waals surface area (Å²) >= 11 is 0. The lowest BCUT2D eigenvalue weighted by molar-refractivity contribution is -0.167. The van der Waals surface area contributed by atoms with E-state index < -0.39 is 5.60 Å². The lowest BCUT2D eigenvalue weighted by Gasteiger charge is -2.42. The third kappa shape index (κ3) is 3.78. The van der Waals surface area contributed by atoms with E-state index in [4.69, 9.17) is 4.74 Å². The van der Waals surface area contributed by atoms with E-state index in [0.29, 0.717) is 38.2 Å². The molecule has 6 heteroatoms. The van der Waals surface area contributed by atoms with Crippen LogP contribution in [0.5, 0.6) is 0 Å². The molecular weight excluding hydrogens is 402 g/mol. The summed E-state index contributed by atoms with van der Waals surface area (Å²) in [7, 11) is 0. The quantitative estimate of drug-likeness (QED) is 0.601. The first-order chi connectivity index (χ1) is 15.7. The number of fused-ring (bicyclic) bond motifs is 1. The van der Waals surface area contributed by atoms with Gasteiger partial charge in [0.2, 0.25) is 0 Å². The fraction of sp³-hybridized carbons (Fsp3) is 0.269. The standard InChI is InChI=1S/C26H25N3O3/c30-24(22-10-6-12-23-21(22)11-7-14-27-23)29-16-17-32-26(19-29)13-4-5-15-28(25(26)31)18-20-8-2-1-3-9-20/h1-12,14H,13,15-19H2. The lowest BCUT2D eigenvalue weighted by atomic mass is 9.94. The maximum absolute atomic E-state index is 13.7. The number of pyridine rings is 1. The van der Waals surface area contributed by atoms with Crippen molar-refractivity contribution in [1.29, 1.82) is 0 Å². The zero-order valence-electron chi connectivity index (χ0n) is 17.8. The highest BCUT2D eigenvalue weighted by Gasteiger charge is 2.47. The fourth-order valence-electron chi connectivity index (χ4n) is 4.54. The summed E-state index contributed by atoms with van der Waals surface area (Å²) in [5.74, 6) is -0.162. The van der Waals surface area contributed by atoms with Crippen molar-refractivity contribution in [2.24, 2.45) is 0 Å². The molecule has 32 heavy (non-hydrogen) atoms. The number of hydrogen-bond donors (Lipinski definition) is 0. The van der Waals surface area contributed by atoms with E-state index in [1.165, 1.54) is 0 Å². The number of nitrogens with zero attached hydrogens (tertiary/aromatic N) is 3. The first kappa shape index (κ1) is 20.4. The van der Waals surface area contributed by atoms with Crippen LogP contribution in [0, 0.1) is 0 Å². The van der Waals surface area contributed by atoms with Gasteiger partial charge in [0.05, 0.1) is 18.7 Å². The Hall–Kier alpha value is -3.51. The van der Waals surface area contributed by atoms with Crippen LogP contribution < -0.4 is 0 Å². The summed E-state index contributed by atoms with van der Waals surface area (Å²) < 4.78 is 6.12. The first-order valence-electron chi connectivity index (χ1n) is 10.9. The van der Waals surface area contributed by atoms with Crippen molar-refractivity contribution < 1.29 is 14.3 Å². The smallest absolute Gasteiger partial charge is 0.257 e. The van der Waals surface area contributed by atoms with Crippen LogP contribution in [0.2, 0.25) is 0 Å². The summed E-state index contributed by atoms with van der Waals surface area (Å²) in [6, 6.07) is 19.2. The zero-order chi connectivity index (χ0) is 22.0. The molecule has 1 spiro atoms. The van der Waals surface area contributed by atoms with Gasteiger partial charge in [-0.2, -0.15) is 0 Å². The summed E-state index contributed by atoms with van der Waals surface area (Å²) in [5, 5.41) is 0.818. The van der Waals surface area contributed by atoms with Gasteiger partial charge in [-0.15, -0.1) is 0 Å². The van der Waals surface area contributed by atoms with E-state index in [9.17, 15) is 9.59 Å². The van der Waals surface area contributed by atoms with Gasteiger partial charge in [-0.05, 0) is 23.8 Å². The van der Waals surface area contributed by atoms with E-state index in [-0.39, 0.29) is 18.4 Å². The second kappa shape index (κ2) is 8.55. The van der Waals surface area contributed by atoms with Gasteiger partial charge in [-0.25, -0.2) is 0 Å². The van der Waals surface area contributed by atoms with Crippen LogP contribution >= 0.6 is 0 Å². The highest BCUT2D eigenvalue weighted by atomic mass is 16.5. The van der Waals surface area contributed by atoms with Gasteiger partial charge in [-0.1, -0.05) is 54.6 Å². The summed E-state index contributed by atoms with van der Waals surface area (Å²) in [5.41, 5.74) is 1.39. The number of aromatic nitrogens is 1. The number of hydrogen-bond acceptors (Lipinski definition) is 4. The number of ether oxygens (including phenoxy) is 1. The Labute approximate surface area is 187 Å². The Morgan fingerprint density at radius 3 is 2.78 bits per heavy atom. The topological polar surface area (TPSA) is 62.7 Å². The normalized spacial score (nSPS) is 21.2. The Balaban J connectivity index is 1.41. The molecule has 0 aliphatic carbocycles. The molecule has 2 aliphatic heterocycles. The van der Waals surface area contributed by atoms with Crippen LogP contribution in [0.15, 0.2) is 79.0 Å². The molecule has 1 aromatic heterocycles. The summed E-state index contributed by atoms with van der Waals surface area (Å²) in [6.45, 7) is 2.05. The van der Waals surface area contributed by atoms with Crippen LogP contribution in [-0.4, -0.2) is 58.4 Å². The van der Waals surface area contributed by atoms with Crippen molar-refractivity contribution in [2.75, 3.05) is 26.2 Å². The minimum atomic E-state index is -1.06. The van der Waals surface area contributed by atoms with E-state index in [1.54, 1.807) is 11.1 Å². The highest BCUT2D eigenvalue weighted by molar-refractivity contribution is 6.06. The highest BCUT2D eigenvalue weighted by Crippen LogP contribution is 2.30. The van der Waals surface area contributed by atoms with Gasteiger partial charge in [0.25, 0.3) is 11.8 Å². The molecule has 1 fully saturated rings. The molecule has 0 radical (unpaired) electrons. The van der Waals surface area contributed by atoms with E-state index in [0.717, 1.165) is 16.5 Å². The molecule has 1 saturated heterocycles. The van der Waals surface area contributed by atoms with Crippen molar-refractivity contribution in [3.05, 3.63) is 90.1 Å². The second-order valence-corrected chi connectivity index (χ2v) is 8.29. The minimum Gasteiger partial charge on any atom is -0.361 e. The number of carbonyl (C=O) groups is 2. The van der Waals surface area contributed by atoms with Crippen molar-refractivity contribution >= 4 is 22.7 Å². The summed E-state index contributed by atoms with van der Waals surface area (Å²) in [4.78, 5) is 35.1. The average molecular weight is 428 g/mol. The lowest BCUT2D eigenvalue weighted by Crippen LogP contribution is -2.60. The molecule has 0 N–H and O–H groups in total. The van der Waals surface area contributed by atoms with Gasteiger partial charge in [0.1, 0.15) is 0 Å². The molecule has 2 amide bonds. The van der Waals surface area contributed by atoms with Gasteiger partial charge in [0, 0.05) is 43.2 Å². The van der Waals surface area contributed by atoms with Gasteiger partial charge in [-0.3, -0.25) is 14.6 Å². The SMILES string of the molecule is O=C(c1cccc2ncccc12)N1CCOC2(CC=CCN(Cc3ccccc3)C2=O)C1. The molecule has 0 saturated carbocycles. The third-order valence-corrected chi connectivity index (χ3v) is 6.18. The van der Waals surface area contributed by atoms with Crippen LogP contribution in [0.25, 0.3) is 10.9 Å². The molecule has 2 aromatic carbocycles. The molecule has 6 nitrogen and oxygen atoms in total. The van der Waals surface area contributed by atoms with Gasteiger partial charge in [0.15, 0.2) is 5.60 Å². The maximum atomic E-state index is 13.7. The minimum absolute atomic E-state index is 0.0663. The Bertz CT molecular complexity index is 1170. The van der Waals surface area contributed by atoms with Gasteiger partial charge < -0.3 is 14.5 Å². The molecular formula is C26H25N3O3. The largest absolute Gasteiger partial charge is 0.361 e. The van der Waals surface area contributed by atoms with Crippen molar-refractivity contribution in [3.63, 3.8) is 0 Å². The third-order valence-electron chi connectivity index (χ3n) is 6.18. The van der Waals surface area contributed by atoms with Crippen LogP contribution in [-0.2, 0) is 16.1 Å². The van der Waals surface area contributed by atoms with Crippen LogP contribution in [0.4, 0.5) is 0 Å². The number of rotatable bonds is 3. The van der Waals surface area contributed by atoms with E-state index >= 15 is 0 Å². The molecule has 5 rings (SSSR count). The Kier molecular flexibility index (Phi) is 5.45. The van der Waals surface area contributed by atoms with Gasteiger partial charge >= 0.3 is 0 Å². The number of benzene rings is 2. The molecule has 1 unspecified atom stereocenters. The average Bonchev–Trinajstić information content (AvgIpc) is 2.98. The summed E-state index contributed by atoms with van der Waals surface area (Å²) in [6.07, 6.45) is 6.19. The molecule has 3 heterocycles. The second-order valence-electron chi connectivity index (χ2n) is 8.29. The van der Waals surface area contributed by atoms with Crippen LogP contribution in [0.1, 0.15) is 22.3 Å².